The first-order valence-electron chi connectivity index (χ1n) is 5.62. The van der Waals surface area contributed by atoms with Crippen molar-refractivity contribution in [2.45, 2.75) is 13.5 Å². The second-order valence-electron chi connectivity index (χ2n) is 3.63. The second kappa shape index (κ2) is 6.39. The van der Waals surface area contributed by atoms with E-state index in [-0.39, 0.29) is 6.54 Å². The van der Waals surface area contributed by atoms with Gasteiger partial charge in [-0.1, -0.05) is 12.1 Å². The van der Waals surface area contributed by atoms with Crippen LogP contribution in [0, 0.1) is 0 Å². The molecule has 0 heterocycles. The molecule has 0 aliphatic heterocycles. The monoisotopic (exact) mass is 287 g/mol. The van der Waals surface area contributed by atoms with Crippen molar-refractivity contribution in [1.29, 1.82) is 0 Å². The van der Waals surface area contributed by atoms with Crippen molar-refractivity contribution in [2.75, 3.05) is 18.0 Å². The lowest BCUT2D eigenvalue weighted by Crippen LogP contribution is -2.43. The van der Waals surface area contributed by atoms with E-state index in [1.165, 1.54) is 0 Å². The van der Waals surface area contributed by atoms with Crippen molar-refractivity contribution in [3.63, 3.8) is 0 Å². The SMILES string of the molecule is CCN(c1ccc(CN)cc1)S(=O)(=O)NC(=O)OC. The minimum Gasteiger partial charge on any atom is -0.452 e. The Morgan fingerprint density at radius 1 is 1.37 bits per heavy atom. The smallest absolute Gasteiger partial charge is 0.422 e. The molecule has 1 amide bonds. The fraction of sp³-hybridized carbons (Fsp3) is 0.364. The van der Waals surface area contributed by atoms with Crippen molar-refractivity contribution in [3.05, 3.63) is 29.8 Å². The molecule has 19 heavy (non-hydrogen) atoms. The van der Waals surface area contributed by atoms with Gasteiger partial charge in [0.2, 0.25) is 0 Å². The van der Waals surface area contributed by atoms with Gasteiger partial charge < -0.3 is 10.5 Å². The predicted molar refractivity (Wildman–Crippen MR) is 71.8 cm³/mol. The summed E-state index contributed by atoms with van der Waals surface area (Å²) < 4.78 is 31.1. The van der Waals surface area contributed by atoms with Crippen molar-refractivity contribution in [2.24, 2.45) is 5.73 Å². The van der Waals surface area contributed by atoms with Gasteiger partial charge in [-0.3, -0.25) is 4.31 Å². The maximum Gasteiger partial charge on any atom is 0.422 e. The second-order valence-corrected chi connectivity index (χ2v) is 5.23. The highest BCUT2D eigenvalue weighted by Gasteiger charge is 2.23. The molecule has 0 saturated heterocycles. The fourth-order valence-electron chi connectivity index (χ4n) is 1.49. The van der Waals surface area contributed by atoms with E-state index in [0.717, 1.165) is 17.0 Å². The number of hydrogen-bond acceptors (Lipinski definition) is 5. The lowest BCUT2D eigenvalue weighted by molar-refractivity contribution is 0.177. The molecule has 7 nitrogen and oxygen atoms in total. The largest absolute Gasteiger partial charge is 0.452 e. The Hall–Kier alpha value is -1.80. The summed E-state index contributed by atoms with van der Waals surface area (Å²) in [6.07, 6.45) is -1.03. The van der Waals surface area contributed by atoms with Crippen LogP contribution in [0.25, 0.3) is 0 Å². The molecule has 1 rings (SSSR count). The standard InChI is InChI=1S/C11H17N3O4S/c1-3-14(19(16,17)13-11(15)18-2)10-6-4-9(8-12)5-7-10/h4-7H,3,8,12H2,1-2H3,(H,13,15). The summed E-state index contributed by atoms with van der Waals surface area (Å²) in [5, 5.41) is 0. The molecule has 8 heteroatoms. The van der Waals surface area contributed by atoms with E-state index in [2.05, 4.69) is 4.74 Å². The van der Waals surface area contributed by atoms with Crippen LogP contribution >= 0.6 is 0 Å². The molecule has 0 fully saturated rings. The van der Waals surface area contributed by atoms with Crippen LogP contribution in [0.15, 0.2) is 24.3 Å². The van der Waals surface area contributed by atoms with E-state index < -0.39 is 16.3 Å². The minimum absolute atomic E-state index is 0.175. The first kappa shape index (κ1) is 15.3. The highest BCUT2D eigenvalue weighted by atomic mass is 32.2. The van der Waals surface area contributed by atoms with E-state index in [9.17, 15) is 13.2 Å². The summed E-state index contributed by atoms with van der Waals surface area (Å²) in [7, 11) is -2.88. The summed E-state index contributed by atoms with van der Waals surface area (Å²) >= 11 is 0. The van der Waals surface area contributed by atoms with Crippen LogP contribution in [-0.4, -0.2) is 28.2 Å². The molecule has 0 radical (unpaired) electrons. The molecular weight excluding hydrogens is 270 g/mol. The molecule has 0 aliphatic rings. The van der Waals surface area contributed by atoms with Crippen molar-refractivity contribution in [1.82, 2.24) is 4.72 Å². The van der Waals surface area contributed by atoms with Crippen molar-refractivity contribution >= 4 is 22.0 Å². The van der Waals surface area contributed by atoms with Gasteiger partial charge in [0, 0.05) is 13.1 Å². The highest BCUT2D eigenvalue weighted by molar-refractivity contribution is 7.91. The van der Waals surface area contributed by atoms with Crippen LogP contribution in [0.4, 0.5) is 10.5 Å². The van der Waals surface area contributed by atoms with E-state index in [1.807, 2.05) is 0 Å². The van der Waals surface area contributed by atoms with Gasteiger partial charge in [0.05, 0.1) is 12.8 Å². The molecule has 0 saturated carbocycles. The molecule has 1 aromatic rings. The molecule has 0 atom stereocenters. The highest BCUT2D eigenvalue weighted by Crippen LogP contribution is 2.17. The Bertz CT molecular complexity index is 527. The first-order chi connectivity index (χ1) is 8.94. The third kappa shape index (κ3) is 3.83. The van der Waals surface area contributed by atoms with Crippen LogP contribution in [0.5, 0.6) is 0 Å². The van der Waals surface area contributed by atoms with Crippen LogP contribution in [-0.2, 0) is 21.5 Å². The number of carbonyl (C=O) groups is 1. The number of rotatable bonds is 5. The van der Waals surface area contributed by atoms with Gasteiger partial charge in [0.15, 0.2) is 0 Å². The Kier molecular flexibility index (Phi) is 5.13. The molecule has 0 aliphatic carbocycles. The van der Waals surface area contributed by atoms with Crippen molar-refractivity contribution < 1.29 is 17.9 Å². The number of methoxy groups -OCH3 is 1. The van der Waals surface area contributed by atoms with Gasteiger partial charge in [0.1, 0.15) is 0 Å². The molecule has 1 aromatic carbocycles. The topological polar surface area (TPSA) is 102 Å². The van der Waals surface area contributed by atoms with Gasteiger partial charge in [0.25, 0.3) is 0 Å². The summed E-state index contributed by atoms with van der Waals surface area (Å²) in [6.45, 7) is 2.21. The minimum atomic E-state index is -3.98. The summed E-state index contributed by atoms with van der Waals surface area (Å²) in [5.74, 6) is 0. The van der Waals surface area contributed by atoms with Crippen LogP contribution < -0.4 is 14.8 Å². The van der Waals surface area contributed by atoms with E-state index >= 15 is 0 Å². The van der Waals surface area contributed by atoms with Gasteiger partial charge >= 0.3 is 16.3 Å². The number of nitrogens with two attached hydrogens (primary N) is 1. The number of benzene rings is 1. The van der Waals surface area contributed by atoms with E-state index in [0.29, 0.717) is 12.2 Å². The summed E-state index contributed by atoms with van der Waals surface area (Å²) in [5.41, 5.74) is 6.80. The molecule has 106 valence electrons. The molecular formula is C11H17N3O4S. The van der Waals surface area contributed by atoms with Crippen molar-refractivity contribution in [3.8, 4) is 0 Å². The number of nitrogens with one attached hydrogen (secondary N) is 1. The Labute approximate surface area is 112 Å². The van der Waals surface area contributed by atoms with Crippen LogP contribution in [0.2, 0.25) is 0 Å². The summed E-state index contributed by atoms with van der Waals surface area (Å²) in [4.78, 5) is 11.0. The number of nitrogens with zero attached hydrogens (tertiary/aromatic N) is 1. The van der Waals surface area contributed by atoms with E-state index in [4.69, 9.17) is 5.73 Å². The third-order valence-electron chi connectivity index (χ3n) is 2.44. The predicted octanol–water partition coefficient (Wildman–Crippen LogP) is 0.572. The summed E-state index contributed by atoms with van der Waals surface area (Å²) in [6, 6.07) is 6.71. The van der Waals surface area contributed by atoms with E-state index in [1.54, 1.807) is 35.9 Å². The maximum absolute atomic E-state index is 12.0. The lowest BCUT2D eigenvalue weighted by Gasteiger charge is -2.22. The molecule has 0 bridgehead atoms. The number of amides is 1. The third-order valence-corrected chi connectivity index (χ3v) is 3.91. The van der Waals surface area contributed by atoms with Gasteiger partial charge in [-0.2, -0.15) is 8.42 Å². The molecule has 0 unspecified atom stereocenters. The van der Waals surface area contributed by atoms with Gasteiger partial charge in [-0.15, -0.1) is 0 Å². The lowest BCUT2D eigenvalue weighted by atomic mass is 10.2. The maximum atomic E-state index is 12.0. The zero-order valence-electron chi connectivity index (χ0n) is 10.8. The Balaban J connectivity index is 3.01. The molecule has 0 aromatic heterocycles. The Morgan fingerprint density at radius 3 is 2.37 bits per heavy atom. The molecule has 3 N–H and O–H groups in total. The zero-order valence-corrected chi connectivity index (χ0v) is 11.6. The number of anilines is 1. The van der Waals surface area contributed by atoms with Crippen LogP contribution in [0.3, 0.4) is 0 Å². The number of hydrogen-bond donors (Lipinski definition) is 2. The average molecular weight is 287 g/mol. The quantitative estimate of drug-likeness (QED) is 0.824. The Morgan fingerprint density at radius 2 is 1.95 bits per heavy atom. The average Bonchev–Trinajstić information content (AvgIpc) is 2.39. The number of carbonyl (C=O) groups excluding carboxylic acids is 1. The normalized spacial score (nSPS) is 10.9. The zero-order chi connectivity index (χ0) is 14.5. The molecule has 0 spiro atoms. The fourth-order valence-corrected chi connectivity index (χ4v) is 2.63. The van der Waals surface area contributed by atoms with Gasteiger partial charge in [-0.05, 0) is 24.6 Å². The van der Waals surface area contributed by atoms with Crippen LogP contribution in [0.1, 0.15) is 12.5 Å². The number of ether oxygens (including phenoxy) is 1. The van der Waals surface area contributed by atoms with Gasteiger partial charge in [-0.25, -0.2) is 9.52 Å². The first-order valence-corrected chi connectivity index (χ1v) is 7.06.